The maximum atomic E-state index is 11.4. The molecule has 1 saturated carbocycles. The van der Waals surface area contributed by atoms with E-state index in [9.17, 15) is 4.79 Å². The SMILES string of the molecule is CCCNC(c1ccc2c(c1)NC(=O)CO2)C1CC1. The summed E-state index contributed by atoms with van der Waals surface area (Å²) in [5.41, 5.74) is 2.05. The number of rotatable bonds is 5. The first-order valence-electron chi connectivity index (χ1n) is 7.08. The van der Waals surface area contributed by atoms with Crippen LogP contribution in [0.15, 0.2) is 18.2 Å². The third-order valence-corrected chi connectivity index (χ3v) is 3.70. The summed E-state index contributed by atoms with van der Waals surface area (Å²) in [6, 6.07) is 6.54. The van der Waals surface area contributed by atoms with E-state index in [4.69, 9.17) is 4.74 Å². The Bertz CT molecular complexity index is 483. The van der Waals surface area contributed by atoms with Crippen LogP contribution >= 0.6 is 0 Å². The summed E-state index contributed by atoms with van der Waals surface area (Å²) >= 11 is 0. The van der Waals surface area contributed by atoms with Gasteiger partial charge in [-0.25, -0.2) is 0 Å². The first kappa shape index (κ1) is 12.5. The largest absolute Gasteiger partial charge is 0.482 e. The Hall–Kier alpha value is -1.55. The molecule has 0 radical (unpaired) electrons. The van der Waals surface area contributed by atoms with Gasteiger partial charge in [0.2, 0.25) is 0 Å². The van der Waals surface area contributed by atoms with Crippen molar-refractivity contribution in [2.75, 3.05) is 18.5 Å². The fourth-order valence-corrected chi connectivity index (χ4v) is 2.58. The molecule has 0 saturated heterocycles. The van der Waals surface area contributed by atoms with Gasteiger partial charge in [0.05, 0.1) is 5.69 Å². The molecule has 1 unspecified atom stereocenters. The number of carbonyl (C=O) groups excluding carboxylic acids is 1. The highest BCUT2D eigenvalue weighted by molar-refractivity contribution is 5.95. The Morgan fingerprint density at radius 1 is 1.47 bits per heavy atom. The van der Waals surface area contributed by atoms with Gasteiger partial charge in [0.15, 0.2) is 6.61 Å². The van der Waals surface area contributed by atoms with E-state index in [2.05, 4.69) is 29.7 Å². The standard InChI is InChI=1S/C15H20N2O2/c1-2-7-16-15(10-3-4-10)11-5-6-13-12(8-11)17-14(18)9-19-13/h5-6,8,10,15-16H,2-4,7,9H2,1H3,(H,17,18). The maximum Gasteiger partial charge on any atom is 0.262 e. The predicted octanol–water partition coefficient (Wildman–Crippen LogP) is 2.47. The maximum absolute atomic E-state index is 11.4. The molecule has 0 bridgehead atoms. The average molecular weight is 260 g/mol. The molecule has 1 amide bonds. The van der Waals surface area contributed by atoms with Crippen molar-refractivity contribution >= 4 is 11.6 Å². The van der Waals surface area contributed by atoms with Crippen molar-refractivity contribution in [3.8, 4) is 5.75 Å². The second-order valence-electron chi connectivity index (χ2n) is 5.36. The minimum Gasteiger partial charge on any atom is -0.482 e. The van der Waals surface area contributed by atoms with Gasteiger partial charge in [-0.15, -0.1) is 0 Å². The number of fused-ring (bicyclic) bond motifs is 1. The Morgan fingerprint density at radius 3 is 3.05 bits per heavy atom. The molecule has 2 N–H and O–H groups in total. The second kappa shape index (κ2) is 5.21. The van der Waals surface area contributed by atoms with Gasteiger partial charge >= 0.3 is 0 Å². The van der Waals surface area contributed by atoms with Crippen LogP contribution in [0.1, 0.15) is 37.8 Å². The lowest BCUT2D eigenvalue weighted by molar-refractivity contribution is -0.118. The van der Waals surface area contributed by atoms with Crippen LogP contribution in [0.4, 0.5) is 5.69 Å². The second-order valence-corrected chi connectivity index (χ2v) is 5.36. The zero-order valence-electron chi connectivity index (χ0n) is 11.2. The van der Waals surface area contributed by atoms with E-state index < -0.39 is 0 Å². The molecule has 1 atom stereocenters. The van der Waals surface area contributed by atoms with Crippen molar-refractivity contribution in [3.05, 3.63) is 23.8 Å². The van der Waals surface area contributed by atoms with E-state index in [1.165, 1.54) is 18.4 Å². The summed E-state index contributed by atoms with van der Waals surface area (Å²) in [6.45, 7) is 3.32. The van der Waals surface area contributed by atoms with Crippen LogP contribution in [0.25, 0.3) is 0 Å². The number of anilines is 1. The van der Waals surface area contributed by atoms with Crippen LogP contribution in [0, 0.1) is 5.92 Å². The van der Waals surface area contributed by atoms with E-state index in [-0.39, 0.29) is 12.5 Å². The highest BCUT2D eigenvalue weighted by atomic mass is 16.5. The molecule has 3 rings (SSSR count). The summed E-state index contributed by atoms with van der Waals surface area (Å²) in [5, 5.41) is 6.49. The van der Waals surface area contributed by atoms with Crippen molar-refractivity contribution in [1.82, 2.24) is 5.32 Å². The molecule has 2 aliphatic rings. The van der Waals surface area contributed by atoms with Crippen molar-refractivity contribution < 1.29 is 9.53 Å². The van der Waals surface area contributed by atoms with Crippen LogP contribution in [-0.4, -0.2) is 19.1 Å². The quantitative estimate of drug-likeness (QED) is 0.855. The monoisotopic (exact) mass is 260 g/mol. The smallest absolute Gasteiger partial charge is 0.262 e. The molecular weight excluding hydrogens is 240 g/mol. The molecule has 4 nitrogen and oxygen atoms in total. The van der Waals surface area contributed by atoms with Crippen LogP contribution in [-0.2, 0) is 4.79 Å². The van der Waals surface area contributed by atoms with Crippen molar-refractivity contribution in [2.45, 2.75) is 32.2 Å². The molecule has 1 aliphatic heterocycles. The molecule has 19 heavy (non-hydrogen) atoms. The van der Waals surface area contributed by atoms with E-state index in [1.54, 1.807) is 0 Å². The van der Waals surface area contributed by atoms with E-state index in [0.717, 1.165) is 30.3 Å². The zero-order chi connectivity index (χ0) is 13.2. The van der Waals surface area contributed by atoms with Crippen LogP contribution in [0.3, 0.4) is 0 Å². The van der Waals surface area contributed by atoms with Gasteiger partial charge in [-0.1, -0.05) is 13.0 Å². The molecule has 1 heterocycles. The zero-order valence-corrected chi connectivity index (χ0v) is 11.2. The number of hydrogen-bond donors (Lipinski definition) is 2. The third kappa shape index (κ3) is 2.73. The van der Waals surface area contributed by atoms with Crippen LogP contribution < -0.4 is 15.4 Å². The number of carbonyl (C=O) groups is 1. The normalized spacial score (nSPS) is 19.3. The van der Waals surface area contributed by atoms with Gasteiger partial charge in [-0.2, -0.15) is 0 Å². The van der Waals surface area contributed by atoms with Gasteiger partial charge in [0, 0.05) is 6.04 Å². The van der Waals surface area contributed by atoms with Crippen molar-refractivity contribution in [3.63, 3.8) is 0 Å². The predicted molar refractivity (Wildman–Crippen MR) is 74.3 cm³/mol. The Balaban J connectivity index is 1.82. The lowest BCUT2D eigenvalue weighted by Crippen LogP contribution is -2.27. The summed E-state index contributed by atoms with van der Waals surface area (Å²) in [4.78, 5) is 11.4. The van der Waals surface area contributed by atoms with Crippen molar-refractivity contribution in [1.29, 1.82) is 0 Å². The summed E-state index contributed by atoms with van der Waals surface area (Å²) in [6.07, 6.45) is 3.72. The topological polar surface area (TPSA) is 50.4 Å². The third-order valence-electron chi connectivity index (χ3n) is 3.70. The number of benzene rings is 1. The Labute approximate surface area is 113 Å². The van der Waals surface area contributed by atoms with E-state index >= 15 is 0 Å². The summed E-state index contributed by atoms with van der Waals surface area (Å²) in [5.74, 6) is 1.44. The molecule has 1 fully saturated rings. The minimum atomic E-state index is -0.0749. The molecule has 4 heteroatoms. The number of ether oxygens (including phenoxy) is 1. The first-order valence-corrected chi connectivity index (χ1v) is 7.08. The molecule has 0 aromatic heterocycles. The fraction of sp³-hybridized carbons (Fsp3) is 0.533. The van der Waals surface area contributed by atoms with Crippen LogP contribution in [0.2, 0.25) is 0 Å². The summed E-state index contributed by atoms with van der Waals surface area (Å²) < 4.78 is 5.40. The lowest BCUT2D eigenvalue weighted by atomic mass is 10.0. The van der Waals surface area contributed by atoms with Gasteiger partial charge < -0.3 is 15.4 Å². The minimum absolute atomic E-state index is 0.0749. The molecule has 102 valence electrons. The highest BCUT2D eigenvalue weighted by Gasteiger charge is 2.32. The fourth-order valence-electron chi connectivity index (χ4n) is 2.58. The summed E-state index contributed by atoms with van der Waals surface area (Å²) in [7, 11) is 0. The molecular formula is C15H20N2O2. The number of amides is 1. The average Bonchev–Trinajstić information content (AvgIpc) is 3.23. The molecule has 1 aromatic rings. The highest BCUT2D eigenvalue weighted by Crippen LogP contribution is 2.42. The van der Waals surface area contributed by atoms with Crippen molar-refractivity contribution in [2.24, 2.45) is 5.92 Å². The Kier molecular flexibility index (Phi) is 3.42. The lowest BCUT2D eigenvalue weighted by Gasteiger charge is -2.23. The van der Waals surface area contributed by atoms with Crippen LogP contribution in [0.5, 0.6) is 5.75 Å². The van der Waals surface area contributed by atoms with Gasteiger partial charge in [-0.05, 0) is 49.4 Å². The van der Waals surface area contributed by atoms with Gasteiger partial charge in [-0.3, -0.25) is 4.79 Å². The van der Waals surface area contributed by atoms with E-state index in [1.807, 2.05) is 6.07 Å². The number of nitrogens with one attached hydrogen (secondary N) is 2. The molecule has 1 aliphatic carbocycles. The molecule has 1 aromatic carbocycles. The first-order chi connectivity index (χ1) is 9.28. The van der Waals surface area contributed by atoms with Gasteiger partial charge in [0.25, 0.3) is 5.91 Å². The van der Waals surface area contributed by atoms with E-state index in [0.29, 0.717) is 6.04 Å². The Morgan fingerprint density at radius 2 is 2.32 bits per heavy atom. The molecule has 0 spiro atoms. The van der Waals surface area contributed by atoms with Gasteiger partial charge in [0.1, 0.15) is 5.75 Å². The number of hydrogen-bond acceptors (Lipinski definition) is 3.